The maximum Gasteiger partial charge on any atom is 0.324 e. The molecule has 2 N–H and O–H groups in total. The third kappa shape index (κ3) is 4.02. The maximum absolute atomic E-state index is 13.8. The van der Waals surface area contributed by atoms with Crippen molar-refractivity contribution in [2.75, 3.05) is 18.9 Å². The lowest BCUT2D eigenvalue weighted by Gasteiger charge is -2.35. The van der Waals surface area contributed by atoms with E-state index in [1.54, 1.807) is 19.2 Å². The summed E-state index contributed by atoms with van der Waals surface area (Å²) in [6.45, 7) is -0.262. The van der Waals surface area contributed by atoms with E-state index in [1.165, 1.54) is 21.9 Å². The second-order valence-corrected chi connectivity index (χ2v) is 9.37. The fourth-order valence-corrected chi connectivity index (χ4v) is 5.36. The molecule has 8 nitrogen and oxygen atoms in total. The van der Waals surface area contributed by atoms with E-state index < -0.39 is 35.2 Å². The van der Waals surface area contributed by atoms with Crippen LogP contribution in [0.5, 0.6) is 0 Å². The molecule has 0 aromatic heterocycles. The van der Waals surface area contributed by atoms with E-state index in [1.807, 2.05) is 6.07 Å². The van der Waals surface area contributed by atoms with Crippen molar-refractivity contribution in [3.8, 4) is 0 Å². The molecule has 0 bridgehead atoms. The van der Waals surface area contributed by atoms with E-state index in [0.717, 1.165) is 17.2 Å². The fourth-order valence-electron chi connectivity index (χ4n) is 5.36. The minimum atomic E-state index is -0.963. The van der Waals surface area contributed by atoms with Crippen LogP contribution in [0.3, 0.4) is 0 Å². The van der Waals surface area contributed by atoms with Crippen molar-refractivity contribution in [3.63, 3.8) is 0 Å². The van der Waals surface area contributed by atoms with Crippen molar-refractivity contribution in [1.29, 1.82) is 0 Å². The largest absolute Gasteiger partial charge is 0.326 e. The van der Waals surface area contributed by atoms with Gasteiger partial charge in [-0.3, -0.25) is 19.7 Å². The number of fused-ring (bicyclic) bond motifs is 1. The molecule has 2 fully saturated rings. The quantitative estimate of drug-likeness (QED) is 0.655. The molecule has 2 aliphatic heterocycles. The van der Waals surface area contributed by atoms with Gasteiger partial charge in [-0.2, -0.15) is 0 Å². The first-order valence-electron chi connectivity index (χ1n) is 11.4. The number of halogens is 2. The van der Waals surface area contributed by atoms with Crippen LogP contribution in [0.1, 0.15) is 42.0 Å². The first kappa shape index (κ1) is 22.9. The predicted molar refractivity (Wildman–Crippen MR) is 121 cm³/mol. The molecule has 0 radical (unpaired) electrons. The summed E-state index contributed by atoms with van der Waals surface area (Å²) in [4.78, 5) is 52.7. The summed E-state index contributed by atoms with van der Waals surface area (Å²) in [5.41, 5.74) is 1.62. The van der Waals surface area contributed by atoms with E-state index in [2.05, 4.69) is 10.6 Å². The monoisotopic (exact) mass is 482 g/mol. The number of benzene rings is 2. The Bertz CT molecular complexity index is 1250. The summed E-state index contributed by atoms with van der Waals surface area (Å²) in [5, 5.41) is 5.13. The van der Waals surface area contributed by atoms with Gasteiger partial charge >= 0.3 is 6.03 Å². The second-order valence-electron chi connectivity index (χ2n) is 9.37. The van der Waals surface area contributed by atoms with Crippen LogP contribution in [0.2, 0.25) is 0 Å². The Morgan fingerprint density at radius 2 is 1.80 bits per heavy atom. The normalized spacial score (nSPS) is 23.6. The summed E-state index contributed by atoms with van der Waals surface area (Å²) in [7, 11) is 1.59. The lowest BCUT2D eigenvalue weighted by molar-refractivity contribution is -0.139. The number of likely N-dealkylation sites (tertiary alicyclic amines) is 1. The molecule has 1 aliphatic carbocycles. The van der Waals surface area contributed by atoms with Crippen LogP contribution in [0.15, 0.2) is 36.4 Å². The van der Waals surface area contributed by atoms with Gasteiger partial charge in [0.1, 0.15) is 23.7 Å². The molecule has 35 heavy (non-hydrogen) atoms. The summed E-state index contributed by atoms with van der Waals surface area (Å²) in [5.74, 6) is -2.50. The van der Waals surface area contributed by atoms with Gasteiger partial charge in [0.2, 0.25) is 11.8 Å². The highest BCUT2D eigenvalue weighted by Gasteiger charge is 2.54. The maximum atomic E-state index is 13.8. The number of imide groups is 1. The molecule has 2 atom stereocenters. The van der Waals surface area contributed by atoms with Crippen molar-refractivity contribution in [2.45, 2.75) is 43.7 Å². The molecule has 182 valence electrons. The molecule has 0 saturated carbocycles. The van der Waals surface area contributed by atoms with Crippen molar-refractivity contribution >= 4 is 29.4 Å². The van der Waals surface area contributed by atoms with Gasteiger partial charge in [0, 0.05) is 38.1 Å². The molecule has 3 aliphatic rings. The number of urea groups is 1. The average molecular weight is 482 g/mol. The third-order valence-electron chi connectivity index (χ3n) is 7.19. The Hall–Kier alpha value is -3.82. The lowest BCUT2D eigenvalue weighted by Crippen LogP contribution is -2.48. The van der Waals surface area contributed by atoms with Crippen LogP contribution in [0.25, 0.3) is 0 Å². The Kier molecular flexibility index (Phi) is 5.53. The van der Waals surface area contributed by atoms with Crippen LogP contribution >= 0.6 is 0 Å². The summed E-state index contributed by atoms with van der Waals surface area (Å²) >= 11 is 0. The van der Waals surface area contributed by atoms with Gasteiger partial charge in [0.05, 0.1) is 6.04 Å². The zero-order valence-electron chi connectivity index (χ0n) is 19.1. The second kappa shape index (κ2) is 8.44. The molecular formula is C25H24F2N4O4. The average Bonchev–Trinajstić information content (AvgIpc) is 3.27. The minimum absolute atomic E-state index is 0.253. The molecular weight excluding hydrogens is 458 g/mol. The molecule has 5 amide bonds. The number of nitrogens with zero attached hydrogens (tertiary/aromatic N) is 2. The van der Waals surface area contributed by atoms with Crippen LogP contribution in [-0.4, -0.2) is 52.7 Å². The molecule has 1 spiro atoms. The molecule has 2 aromatic rings. The topological polar surface area (TPSA) is 98.8 Å². The van der Waals surface area contributed by atoms with E-state index >= 15 is 0 Å². The Morgan fingerprint density at radius 1 is 1.09 bits per heavy atom. The van der Waals surface area contributed by atoms with Gasteiger partial charge in [0.15, 0.2) is 0 Å². The van der Waals surface area contributed by atoms with Gasteiger partial charge in [-0.15, -0.1) is 0 Å². The Balaban J connectivity index is 1.31. The Morgan fingerprint density at radius 3 is 2.49 bits per heavy atom. The summed E-state index contributed by atoms with van der Waals surface area (Å²) < 4.78 is 27.6. The third-order valence-corrected chi connectivity index (χ3v) is 7.19. The first-order valence-corrected chi connectivity index (χ1v) is 11.4. The number of rotatable bonds is 4. The Labute approximate surface area is 200 Å². The van der Waals surface area contributed by atoms with E-state index in [9.17, 15) is 28.0 Å². The van der Waals surface area contributed by atoms with E-state index in [0.29, 0.717) is 36.9 Å². The first-order chi connectivity index (χ1) is 16.7. The lowest BCUT2D eigenvalue weighted by atomic mass is 9.94. The molecule has 5 rings (SSSR count). The number of hydrogen-bond acceptors (Lipinski definition) is 4. The van der Waals surface area contributed by atoms with Gasteiger partial charge in [0.25, 0.3) is 5.91 Å². The number of carbonyl (C=O) groups is 4. The number of carbonyl (C=O) groups excluding carboxylic acids is 4. The highest BCUT2D eigenvalue weighted by atomic mass is 19.1. The number of likely N-dealkylation sites (N-methyl/N-ethyl adjacent to an activating group) is 1. The number of amides is 5. The number of nitrogens with one attached hydrogen (secondary N) is 2. The van der Waals surface area contributed by atoms with Crippen molar-refractivity contribution in [2.24, 2.45) is 0 Å². The molecule has 2 heterocycles. The number of piperidine rings is 1. The van der Waals surface area contributed by atoms with Crippen LogP contribution in [0.4, 0.5) is 19.3 Å². The highest BCUT2D eigenvalue weighted by molar-refractivity contribution is 6.07. The molecule has 0 unspecified atom stereocenters. The SMILES string of the molecule is CN1C(=O)NC(=O)[C@@]12Cc1ccc(NC(=O)CN3C(=O)CCC[C@H]3c3cc(F)cc(F)c3)cc1C2. The predicted octanol–water partition coefficient (Wildman–Crippen LogP) is 2.68. The zero-order valence-corrected chi connectivity index (χ0v) is 19.1. The van der Waals surface area contributed by atoms with Crippen molar-refractivity contribution in [3.05, 3.63) is 64.7 Å². The van der Waals surface area contributed by atoms with Crippen molar-refractivity contribution in [1.82, 2.24) is 15.1 Å². The van der Waals surface area contributed by atoms with Gasteiger partial charge in [-0.05, 0) is 53.8 Å². The highest BCUT2D eigenvalue weighted by Crippen LogP contribution is 2.38. The van der Waals surface area contributed by atoms with Gasteiger partial charge < -0.3 is 15.1 Å². The number of hydrogen-bond donors (Lipinski definition) is 2. The van der Waals surface area contributed by atoms with Gasteiger partial charge in [-0.1, -0.05) is 6.07 Å². The minimum Gasteiger partial charge on any atom is -0.326 e. The summed E-state index contributed by atoms with van der Waals surface area (Å²) in [6.07, 6.45) is 2.04. The van der Waals surface area contributed by atoms with Crippen LogP contribution < -0.4 is 10.6 Å². The number of anilines is 1. The standard InChI is InChI=1S/C25H24F2N4O4/c1-30-24(35)29-23(34)25(30)11-14-5-6-19(9-16(14)12-25)28-21(32)13-31-20(3-2-4-22(31)33)15-7-17(26)10-18(27)8-15/h5-10,20H,2-4,11-13H2,1H3,(H,28,32)(H,29,34,35)/t20-,25-/m0/s1. The molecule has 10 heteroatoms. The van der Waals surface area contributed by atoms with Crippen molar-refractivity contribution < 1.29 is 28.0 Å². The van der Waals surface area contributed by atoms with Crippen LogP contribution in [0, 0.1) is 11.6 Å². The smallest absolute Gasteiger partial charge is 0.324 e. The summed E-state index contributed by atoms with van der Waals surface area (Å²) in [6, 6.07) is 7.41. The van der Waals surface area contributed by atoms with Crippen LogP contribution in [-0.2, 0) is 27.2 Å². The fraction of sp³-hybridized carbons (Fsp3) is 0.360. The molecule has 2 aromatic carbocycles. The zero-order chi connectivity index (χ0) is 24.9. The molecule has 2 saturated heterocycles. The van der Waals surface area contributed by atoms with E-state index in [4.69, 9.17) is 0 Å². The van der Waals surface area contributed by atoms with Gasteiger partial charge in [-0.25, -0.2) is 13.6 Å². The van der Waals surface area contributed by atoms with E-state index in [-0.39, 0.29) is 24.8 Å².